The average molecular weight is 138 g/mol. The van der Waals surface area contributed by atoms with Crippen LogP contribution in [-0.4, -0.2) is 18.6 Å². The zero-order chi connectivity index (χ0) is 7.23. The quantitative estimate of drug-likeness (QED) is 0.676. The van der Waals surface area contributed by atoms with Crippen molar-refractivity contribution in [2.75, 3.05) is 13.6 Å². The minimum absolute atomic E-state index is 0. The maximum atomic E-state index is 4.01. The highest BCUT2D eigenvalue weighted by atomic mass is 14.8. The van der Waals surface area contributed by atoms with Gasteiger partial charge in [0, 0.05) is 13.8 Å². The summed E-state index contributed by atoms with van der Waals surface area (Å²) in [5.74, 6) is 0. The van der Waals surface area contributed by atoms with Gasteiger partial charge in [0.15, 0.2) is 0 Å². The third-order valence-electron chi connectivity index (χ3n) is 1.39. The number of nitrogens with zero attached hydrogens (tertiary/aromatic N) is 1. The molecule has 0 unspecified atom stereocenters. The summed E-state index contributed by atoms with van der Waals surface area (Å²) in [6, 6.07) is 4.05. The maximum Gasteiger partial charge on any atom is 0.0300 e. The third kappa shape index (κ3) is 2.15. The van der Waals surface area contributed by atoms with Crippen molar-refractivity contribution in [3.8, 4) is 0 Å². The Hall–Kier alpha value is -0.890. The van der Waals surface area contributed by atoms with Crippen LogP contribution < -0.4 is 5.32 Å². The first-order valence-corrected chi connectivity index (χ1v) is 3.47. The number of nitrogens with one attached hydrogen (secondary N) is 1. The van der Waals surface area contributed by atoms with Gasteiger partial charge in [0.2, 0.25) is 0 Å². The van der Waals surface area contributed by atoms with E-state index >= 15 is 0 Å². The number of aromatic nitrogens is 1. The summed E-state index contributed by atoms with van der Waals surface area (Å²) in [7, 11) is 1.95. The summed E-state index contributed by atoms with van der Waals surface area (Å²) >= 11 is 0. The molecular formula is C8H14N2. The van der Waals surface area contributed by atoms with Gasteiger partial charge in [0.1, 0.15) is 0 Å². The van der Waals surface area contributed by atoms with Crippen LogP contribution in [0.4, 0.5) is 0 Å². The average Bonchev–Trinajstić information content (AvgIpc) is 2.03. The minimum Gasteiger partial charge on any atom is -0.319 e. The Balaban J connectivity index is 0.000001000. The fourth-order valence-corrected chi connectivity index (χ4v) is 0.815. The van der Waals surface area contributed by atoms with Gasteiger partial charge in [-0.25, -0.2) is 0 Å². The monoisotopic (exact) mass is 138 g/mol. The van der Waals surface area contributed by atoms with Crippen LogP contribution in [-0.2, 0) is 6.42 Å². The predicted octanol–water partition coefficient (Wildman–Crippen LogP) is 1.09. The number of hydrogen-bond acceptors (Lipinski definition) is 2. The van der Waals surface area contributed by atoms with E-state index in [9.17, 15) is 0 Å². The molecule has 56 valence electrons. The first-order valence-electron chi connectivity index (χ1n) is 3.47. The van der Waals surface area contributed by atoms with Crippen LogP contribution in [0, 0.1) is 0 Å². The lowest BCUT2D eigenvalue weighted by atomic mass is 10.2. The second kappa shape index (κ2) is 4.01. The van der Waals surface area contributed by atoms with Crippen molar-refractivity contribution >= 4 is 0 Å². The van der Waals surface area contributed by atoms with E-state index in [-0.39, 0.29) is 1.43 Å². The van der Waals surface area contributed by atoms with Crippen LogP contribution in [0.2, 0.25) is 0 Å². The first-order chi connectivity index (χ1) is 4.93. The molecule has 0 spiro atoms. The molecular weight excluding hydrogens is 124 g/mol. The first kappa shape index (κ1) is 7.22. The molecule has 0 fully saturated rings. The zero-order valence-electron chi connectivity index (χ0n) is 6.17. The van der Waals surface area contributed by atoms with Gasteiger partial charge in [-0.15, -0.1) is 0 Å². The summed E-state index contributed by atoms with van der Waals surface area (Å²) in [6.07, 6.45) is 4.75. The van der Waals surface area contributed by atoms with Crippen molar-refractivity contribution in [3.63, 3.8) is 0 Å². The second-order valence-electron chi connectivity index (χ2n) is 2.21. The number of rotatable bonds is 3. The number of likely N-dealkylation sites (N-methyl/N-ethyl adjacent to an activating group) is 1. The van der Waals surface area contributed by atoms with Crippen molar-refractivity contribution in [1.82, 2.24) is 10.3 Å². The molecule has 1 heterocycles. The molecule has 0 aromatic carbocycles. The van der Waals surface area contributed by atoms with Crippen molar-refractivity contribution in [1.29, 1.82) is 0 Å². The highest BCUT2D eigenvalue weighted by molar-refractivity contribution is 5.08. The second-order valence-corrected chi connectivity index (χ2v) is 2.21. The summed E-state index contributed by atoms with van der Waals surface area (Å²) in [5.41, 5.74) is 1.29. The van der Waals surface area contributed by atoms with Gasteiger partial charge in [-0.2, -0.15) is 0 Å². The van der Waals surface area contributed by atoms with Crippen LogP contribution in [0.25, 0.3) is 0 Å². The lowest BCUT2D eigenvalue weighted by molar-refractivity contribution is 0.789. The molecule has 0 atom stereocenters. The summed E-state index contributed by atoms with van der Waals surface area (Å²) in [6.45, 7) is 1.02. The molecule has 1 rings (SSSR count). The van der Waals surface area contributed by atoms with Gasteiger partial charge < -0.3 is 5.32 Å². The van der Waals surface area contributed by atoms with Crippen LogP contribution in [0.3, 0.4) is 0 Å². The van der Waals surface area contributed by atoms with E-state index in [0.717, 1.165) is 13.0 Å². The smallest absolute Gasteiger partial charge is 0.0300 e. The fourth-order valence-electron chi connectivity index (χ4n) is 0.815. The van der Waals surface area contributed by atoms with Crippen LogP contribution in [0.5, 0.6) is 0 Å². The lowest BCUT2D eigenvalue weighted by Gasteiger charge is -1.97. The van der Waals surface area contributed by atoms with Crippen LogP contribution >= 0.6 is 0 Å². The van der Waals surface area contributed by atoms with Crippen LogP contribution in [0.1, 0.15) is 6.99 Å². The fraction of sp³-hybridized carbons (Fsp3) is 0.375. The van der Waals surface area contributed by atoms with E-state index in [1.54, 1.807) is 6.20 Å². The largest absolute Gasteiger partial charge is 0.319 e. The summed E-state index contributed by atoms with van der Waals surface area (Å²) < 4.78 is 0. The molecule has 2 nitrogen and oxygen atoms in total. The molecule has 0 saturated carbocycles. The van der Waals surface area contributed by atoms with Gasteiger partial charge >= 0.3 is 0 Å². The van der Waals surface area contributed by atoms with E-state index < -0.39 is 0 Å². The minimum atomic E-state index is 0. The van der Waals surface area contributed by atoms with E-state index in [4.69, 9.17) is 0 Å². The van der Waals surface area contributed by atoms with E-state index in [1.165, 1.54) is 5.56 Å². The Morgan fingerprint density at radius 1 is 1.70 bits per heavy atom. The molecule has 1 aromatic heterocycles. The highest BCUT2D eigenvalue weighted by Crippen LogP contribution is 1.94. The highest BCUT2D eigenvalue weighted by Gasteiger charge is 1.87. The Morgan fingerprint density at radius 2 is 2.60 bits per heavy atom. The molecule has 0 aliphatic rings. The van der Waals surface area contributed by atoms with Crippen LogP contribution in [0.15, 0.2) is 24.5 Å². The van der Waals surface area contributed by atoms with Crippen molar-refractivity contribution < 1.29 is 1.43 Å². The molecule has 0 bridgehead atoms. The Bertz CT molecular complexity index is 177. The van der Waals surface area contributed by atoms with E-state index in [2.05, 4.69) is 16.4 Å². The lowest BCUT2D eigenvalue weighted by Crippen LogP contribution is -2.10. The molecule has 2 heteroatoms. The third-order valence-corrected chi connectivity index (χ3v) is 1.39. The summed E-state index contributed by atoms with van der Waals surface area (Å²) in [4.78, 5) is 4.01. The maximum absolute atomic E-state index is 4.01. The Labute approximate surface area is 62.8 Å². The van der Waals surface area contributed by atoms with Crippen molar-refractivity contribution in [2.45, 2.75) is 6.42 Å². The predicted molar refractivity (Wildman–Crippen MR) is 44.0 cm³/mol. The van der Waals surface area contributed by atoms with E-state index in [1.807, 2.05) is 19.3 Å². The molecule has 1 aromatic rings. The zero-order valence-corrected chi connectivity index (χ0v) is 6.17. The van der Waals surface area contributed by atoms with Crippen molar-refractivity contribution in [3.05, 3.63) is 30.1 Å². The van der Waals surface area contributed by atoms with Gasteiger partial charge in [-0.05, 0) is 31.6 Å². The topological polar surface area (TPSA) is 24.9 Å². The molecule has 10 heavy (non-hydrogen) atoms. The van der Waals surface area contributed by atoms with Crippen molar-refractivity contribution in [2.24, 2.45) is 0 Å². The summed E-state index contributed by atoms with van der Waals surface area (Å²) in [5, 5.41) is 3.09. The number of hydrogen-bond donors (Lipinski definition) is 1. The SMILES string of the molecule is CNCCc1cccnc1.[HH]. The molecule has 0 saturated heterocycles. The molecule has 0 aliphatic carbocycles. The Morgan fingerprint density at radius 3 is 3.20 bits per heavy atom. The van der Waals surface area contributed by atoms with E-state index in [0.29, 0.717) is 0 Å². The molecule has 1 N–H and O–H groups in total. The standard InChI is InChI=1S/C8H12N2.H2/c1-9-6-4-8-3-2-5-10-7-8;/h2-3,5,7,9H,4,6H2,1H3;1H. The molecule has 0 aliphatic heterocycles. The normalized spacial score (nSPS) is 9.70. The Kier molecular flexibility index (Phi) is 2.90. The van der Waals surface area contributed by atoms with Gasteiger partial charge in [0.05, 0.1) is 0 Å². The number of pyridine rings is 1. The van der Waals surface area contributed by atoms with Gasteiger partial charge in [0.25, 0.3) is 0 Å². The van der Waals surface area contributed by atoms with Gasteiger partial charge in [-0.1, -0.05) is 6.07 Å². The molecule has 0 radical (unpaired) electrons. The molecule has 0 amide bonds. The van der Waals surface area contributed by atoms with Gasteiger partial charge in [-0.3, -0.25) is 4.98 Å².